The number of para-hydroxylation sites is 1. The molecule has 33 heavy (non-hydrogen) atoms. The monoisotopic (exact) mass is 447 g/mol. The van der Waals surface area contributed by atoms with Gasteiger partial charge in [0.2, 0.25) is 5.91 Å². The number of rotatable bonds is 7. The molecule has 1 saturated heterocycles. The van der Waals surface area contributed by atoms with Crippen molar-refractivity contribution in [3.05, 3.63) is 64.0 Å². The van der Waals surface area contributed by atoms with E-state index in [2.05, 4.69) is 36.9 Å². The smallest absolute Gasteiger partial charge is 0.258 e. The number of carbonyl (C=O) groups is 1. The lowest BCUT2D eigenvalue weighted by Gasteiger charge is -2.36. The second kappa shape index (κ2) is 10.2. The zero-order valence-corrected chi connectivity index (χ0v) is 18.9. The Kier molecular flexibility index (Phi) is 6.97. The van der Waals surface area contributed by atoms with Gasteiger partial charge in [-0.25, -0.2) is 9.98 Å². The lowest BCUT2D eigenvalue weighted by atomic mass is 10.2. The van der Waals surface area contributed by atoms with Crippen molar-refractivity contribution >= 4 is 29.4 Å². The van der Waals surface area contributed by atoms with Gasteiger partial charge < -0.3 is 20.1 Å². The number of aliphatic imine (C=N–C) groups is 2. The van der Waals surface area contributed by atoms with E-state index in [1.54, 1.807) is 6.07 Å². The molecule has 2 aliphatic rings. The maximum absolute atomic E-state index is 12.7. The van der Waals surface area contributed by atoms with Crippen LogP contribution in [0.1, 0.15) is 19.2 Å². The van der Waals surface area contributed by atoms with E-state index in [1.165, 1.54) is 0 Å². The molecule has 0 aliphatic carbocycles. The number of hydrogen-bond acceptors (Lipinski definition) is 7. The molecule has 9 nitrogen and oxygen atoms in total. The van der Waals surface area contributed by atoms with Crippen LogP contribution in [0.3, 0.4) is 0 Å². The zero-order valence-electron chi connectivity index (χ0n) is 18.9. The Morgan fingerprint density at radius 1 is 1.18 bits per heavy atom. The van der Waals surface area contributed by atoms with Crippen LogP contribution in [0.2, 0.25) is 0 Å². The molecular formula is C24H29N7O2. The number of fused-ring (bicyclic) bond motifs is 1. The first-order valence-electron chi connectivity index (χ1n) is 11.2. The number of nitrogens with zero attached hydrogens (tertiary/aromatic N) is 5. The van der Waals surface area contributed by atoms with Crippen molar-refractivity contribution in [1.82, 2.24) is 25.1 Å². The Balaban J connectivity index is 1.31. The van der Waals surface area contributed by atoms with Crippen LogP contribution in [0.25, 0.3) is 10.9 Å². The highest BCUT2D eigenvalue weighted by molar-refractivity contribution is 5.98. The molecule has 0 saturated carbocycles. The van der Waals surface area contributed by atoms with Gasteiger partial charge in [0, 0.05) is 45.6 Å². The molecule has 2 aliphatic heterocycles. The Hall–Kier alpha value is -3.75. The van der Waals surface area contributed by atoms with Gasteiger partial charge in [0.25, 0.3) is 5.56 Å². The SMILES string of the molecule is C=N/C(=C\C=C(/C)C1=NCCN1)N1CCN(C(=O)CCc2nc3ccccc3c(=O)[nH]2)CC1. The van der Waals surface area contributed by atoms with Crippen molar-refractivity contribution < 1.29 is 4.79 Å². The van der Waals surface area contributed by atoms with Crippen LogP contribution < -0.4 is 10.9 Å². The largest absolute Gasteiger partial charge is 0.368 e. The summed E-state index contributed by atoms with van der Waals surface area (Å²) in [6.07, 6.45) is 4.65. The van der Waals surface area contributed by atoms with Crippen LogP contribution in [0.5, 0.6) is 0 Å². The first-order valence-corrected chi connectivity index (χ1v) is 11.2. The maximum atomic E-state index is 12.7. The third-order valence-corrected chi connectivity index (χ3v) is 5.89. The minimum Gasteiger partial charge on any atom is -0.368 e. The van der Waals surface area contributed by atoms with E-state index in [4.69, 9.17) is 0 Å². The van der Waals surface area contributed by atoms with E-state index in [0.29, 0.717) is 55.7 Å². The van der Waals surface area contributed by atoms with Crippen molar-refractivity contribution in [2.24, 2.45) is 9.98 Å². The fourth-order valence-corrected chi connectivity index (χ4v) is 4.02. The summed E-state index contributed by atoms with van der Waals surface area (Å²) in [4.78, 5) is 44.8. The van der Waals surface area contributed by atoms with E-state index >= 15 is 0 Å². The van der Waals surface area contributed by atoms with Gasteiger partial charge in [-0.05, 0) is 37.4 Å². The summed E-state index contributed by atoms with van der Waals surface area (Å²) in [5, 5.41) is 3.81. The van der Waals surface area contributed by atoms with Crippen molar-refractivity contribution in [2.75, 3.05) is 39.3 Å². The number of nitrogens with one attached hydrogen (secondary N) is 2. The summed E-state index contributed by atoms with van der Waals surface area (Å²) in [7, 11) is 0. The summed E-state index contributed by atoms with van der Waals surface area (Å²) in [6, 6.07) is 7.21. The standard InChI is InChI=1S/C24H29N7O2/c1-17(23-26-11-12-27-23)7-9-21(25-2)30-13-15-31(16-14-30)22(32)10-8-20-28-19-6-4-3-5-18(19)24(33)29-20/h3-7,9H,2,8,10-16H2,1H3,(H,26,27)(H,28,29,33)/b17-7+,21-9+. The molecule has 0 unspecified atom stereocenters. The minimum atomic E-state index is -0.173. The predicted octanol–water partition coefficient (Wildman–Crippen LogP) is 1.49. The van der Waals surface area contributed by atoms with Crippen molar-refractivity contribution in [1.29, 1.82) is 0 Å². The fourth-order valence-electron chi connectivity index (χ4n) is 4.02. The highest BCUT2D eigenvalue weighted by Gasteiger charge is 2.22. The lowest BCUT2D eigenvalue weighted by molar-refractivity contribution is -0.132. The number of aromatic nitrogens is 2. The number of allylic oxidation sites excluding steroid dienone is 2. The number of aromatic amines is 1. The summed E-state index contributed by atoms with van der Waals surface area (Å²) in [5.41, 5.74) is 1.53. The van der Waals surface area contributed by atoms with Gasteiger partial charge in [-0.1, -0.05) is 18.2 Å². The van der Waals surface area contributed by atoms with Gasteiger partial charge in [0.15, 0.2) is 0 Å². The first-order chi connectivity index (χ1) is 16.0. The molecule has 1 fully saturated rings. The number of aryl methyl sites for hydroxylation is 1. The van der Waals surface area contributed by atoms with E-state index in [-0.39, 0.29) is 11.5 Å². The van der Waals surface area contributed by atoms with E-state index < -0.39 is 0 Å². The highest BCUT2D eigenvalue weighted by atomic mass is 16.2. The average Bonchev–Trinajstić information content (AvgIpc) is 3.38. The first kappa shape index (κ1) is 22.4. The average molecular weight is 448 g/mol. The fraction of sp³-hybridized carbons (Fsp3) is 0.375. The lowest BCUT2D eigenvalue weighted by Crippen LogP contribution is -2.48. The number of amidine groups is 1. The Bertz CT molecular complexity index is 1190. The van der Waals surface area contributed by atoms with Crippen molar-refractivity contribution in [2.45, 2.75) is 19.8 Å². The van der Waals surface area contributed by atoms with Gasteiger partial charge in [-0.3, -0.25) is 14.6 Å². The highest BCUT2D eigenvalue weighted by Crippen LogP contribution is 2.13. The molecule has 2 N–H and O–H groups in total. The zero-order chi connectivity index (χ0) is 23.2. The molecule has 1 amide bonds. The van der Waals surface area contributed by atoms with Crippen LogP contribution >= 0.6 is 0 Å². The number of benzene rings is 1. The molecule has 1 aromatic carbocycles. The van der Waals surface area contributed by atoms with Gasteiger partial charge in [-0.15, -0.1) is 0 Å². The number of amides is 1. The van der Waals surface area contributed by atoms with Gasteiger partial charge in [-0.2, -0.15) is 0 Å². The quantitative estimate of drug-likeness (QED) is 0.494. The van der Waals surface area contributed by atoms with Crippen LogP contribution in [0, 0.1) is 0 Å². The van der Waals surface area contributed by atoms with Crippen molar-refractivity contribution in [3.8, 4) is 0 Å². The summed E-state index contributed by atoms with van der Waals surface area (Å²) in [5.74, 6) is 2.31. The summed E-state index contributed by atoms with van der Waals surface area (Å²) < 4.78 is 0. The molecule has 3 heterocycles. The van der Waals surface area contributed by atoms with Crippen LogP contribution in [-0.2, 0) is 11.2 Å². The topological polar surface area (TPSA) is 106 Å². The predicted molar refractivity (Wildman–Crippen MR) is 131 cm³/mol. The Labute approximate surface area is 192 Å². The third kappa shape index (κ3) is 5.36. The Morgan fingerprint density at radius 2 is 1.94 bits per heavy atom. The molecule has 4 rings (SSSR count). The molecule has 172 valence electrons. The normalized spacial score (nSPS) is 17.2. The van der Waals surface area contributed by atoms with Crippen molar-refractivity contribution in [3.63, 3.8) is 0 Å². The minimum absolute atomic E-state index is 0.0589. The van der Waals surface area contributed by atoms with Gasteiger partial charge in [0.05, 0.1) is 17.4 Å². The summed E-state index contributed by atoms with van der Waals surface area (Å²) >= 11 is 0. The molecule has 0 atom stereocenters. The molecule has 0 bridgehead atoms. The van der Waals surface area contributed by atoms with Crippen LogP contribution in [-0.4, -0.2) is 77.5 Å². The van der Waals surface area contributed by atoms with Crippen LogP contribution in [0.4, 0.5) is 0 Å². The van der Waals surface area contributed by atoms with Gasteiger partial charge >= 0.3 is 0 Å². The number of H-pyrrole nitrogens is 1. The van der Waals surface area contributed by atoms with E-state index in [0.717, 1.165) is 30.3 Å². The Morgan fingerprint density at radius 3 is 2.67 bits per heavy atom. The number of hydrogen-bond donors (Lipinski definition) is 2. The maximum Gasteiger partial charge on any atom is 0.258 e. The molecule has 9 heteroatoms. The second-order valence-electron chi connectivity index (χ2n) is 8.09. The number of carbonyl (C=O) groups excluding carboxylic acids is 1. The molecule has 1 aromatic heterocycles. The summed E-state index contributed by atoms with van der Waals surface area (Å²) in [6.45, 7) is 10.0. The molecular weight excluding hydrogens is 418 g/mol. The second-order valence-corrected chi connectivity index (χ2v) is 8.09. The molecule has 2 aromatic rings. The van der Waals surface area contributed by atoms with Gasteiger partial charge in [0.1, 0.15) is 17.5 Å². The van der Waals surface area contributed by atoms with E-state index in [1.807, 2.05) is 42.2 Å². The van der Waals surface area contributed by atoms with E-state index in [9.17, 15) is 9.59 Å². The molecule has 0 spiro atoms. The number of piperazine rings is 1. The van der Waals surface area contributed by atoms with Crippen LogP contribution in [0.15, 0.2) is 62.6 Å². The third-order valence-electron chi connectivity index (χ3n) is 5.89. The molecule has 0 radical (unpaired) electrons.